The van der Waals surface area contributed by atoms with Crippen LogP contribution in [0.5, 0.6) is 0 Å². The van der Waals surface area contributed by atoms with Crippen LogP contribution >= 0.6 is 23.7 Å². The Balaban J connectivity index is 0.00000144. The zero-order valence-electron chi connectivity index (χ0n) is 10.0. The van der Waals surface area contributed by atoms with Crippen LogP contribution in [0.2, 0.25) is 0 Å². The van der Waals surface area contributed by atoms with Crippen molar-refractivity contribution in [3.63, 3.8) is 0 Å². The van der Waals surface area contributed by atoms with Gasteiger partial charge in [0.1, 0.15) is 10.7 Å². The van der Waals surface area contributed by atoms with Crippen molar-refractivity contribution in [1.82, 2.24) is 9.88 Å². The van der Waals surface area contributed by atoms with Gasteiger partial charge < -0.3 is 10.6 Å². The number of carbonyl (C=O) groups is 1. The second-order valence-electron chi connectivity index (χ2n) is 4.50. The first-order chi connectivity index (χ1) is 7.61. The van der Waals surface area contributed by atoms with Gasteiger partial charge in [0.15, 0.2) is 0 Å². The van der Waals surface area contributed by atoms with Crippen molar-refractivity contribution in [3.05, 3.63) is 16.1 Å². The zero-order valence-corrected chi connectivity index (χ0v) is 11.7. The molecular formula is C11H18ClN3OS. The zero-order chi connectivity index (χ0) is 11.7. The van der Waals surface area contributed by atoms with E-state index in [2.05, 4.69) is 18.8 Å². The van der Waals surface area contributed by atoms with E-state index in [1.807, 2.05) is 4.90 Å². The Hall–Kier alpha value is -0.650. The Bertz CT molecular complexity index is 386. The van der Waals surface area contributed by atoms with Crippen LogP contribution in [0, 0.1) is 11.8 Å². The number of nitrogens with two attached hydrogens (primary N) is 1. The minimum atomic E-state index is 0. The van der Waals surface area contributed by atoms with E-state index in [1.54, 1.807) is 5.38 Å². The summed E-state index contributed by atoms with van der Waals surface area (Å²) in [5.41, 5.74) is 6.03. The summed E-state index contributed by atoms with van der Waals surface area (Å²) in [5, 5.41) is 2.63. The Morgan fingerprint density at radius 2 is 2.12 bits per heavy atom. The summed E-state index contributed by atoms with van der Waals surface area (Å²) in [6.07, 6.45) is 0. The summed E-state index contributed by atoms with van der Waals surface area (Å²) in [6.45, 7) is 6.46. The molecule has 2 N–H and O–H groups in total. The molecule has 1 fully saturated rings. The van der Waals surface area contributed by atoms with Gasteiger partial charge in [0, 0.05) is 25.0 Å². The molecule has 4 nitrogen and oxygen atoms in total. The highest BCUT2D eigenvalue weighted by molar-refractivity contribution is 7.09. The maximum absolute atomic E-state index is 12.1. The van der Waals surface area contributed by atoms with Gasteiger partial charge in [-0.1, -0.05) is 13.8 Å². The predicted octanol–water partition coefficient (Wildman–Crippen LogP) is 1.75. The highest BCUT2D eigenvalue weighted by Gasteiger charge is 2.30. The molecule has 1 aliphatic heterocycles. The number of hydrogen-bond acceptors (Lipinski definition) is 4. The Kier molecular flexibility index (Phi) is 4.91. The molecule has 0 aliphatic carbocycles. The lowest BCUT2D eigenvalue weighted by atomic mass is 10.0. The molecule has 0 aromatic carbocycles. The van der Waals surface area contributed by atoms with Gasteiger partial charge in [-0.05, 0) is 11.8 Å². The monoisotopic (exact) mass is 275 g/mol. The molecule has 1 aromatic rings. The number of halogens is 1. The Morgan fingerprint density at radius 3 is 2.59 bits per heavy atom. The molecule has 2 atom stereocenters. The van der Waals surface area contributed by atoms with Gasteiger partial charge in [-0.3, -0.25) is 4.79 Å². The summed E-state index contributed by atoms with van der Waals surface area (Å²) in [5.74, 6) is 1.21. The number of rotatable bonds is 2. The van der Waals surface area contributed by atoms with Crippen molar-refractivity contribution >= 4 is 29.7 Å². The van der Waals surface area contributed by atoms with Crippen molar-refractivity contribution in [2.75, 3.05) is 13.1 Å². The highest BCUT2D eigenvalue weighted by Crippen LogP contribution is 2.24. The largest absolute Gasteiger partial charge is 0.337 e. The average molecular weight is 276 g/mol. The number of carbonyl (C=O) groups excluding carboxylic acids is 1. The van der Waals surface area contributed by atoms with Crippen molar-refractivity contribution < 1.29 is 4.79 Å². The topological polar surface area (TPSA) is 59.2 Å². The Morgan fingerprint density at radius 1 is 1.53 bits per heavy atom. The fraction of sp³-hybridized carbons (Fsp3) is 0.636. The summed E-state index contributed by atoms with van der Waals surface area (Å²) in [4.78, 5) is 18.2. The number of aromatic nitrogens is 1. The van der Waals surface area contributed by atoms with E-state index in [0.717, 1.165) is 18.1 Å². The number of amides is 1. The van der Waals surface area contributed by atoms with Crippen molar-refractivity contribution in [2.24, 2.45) is 17.6 Å². The standard InChI is InChI=1S/C11H17N3OS.ClH/c1-7-4-14(5-8(7)2)11(15)9-6-16-10(3-12)13-9;/h6-8H,3-5,12H2,1-2H3;1H. The lowest BCUT2D eigenvalue weighted by Crippen LogP contribution is -2.29. The number of nitrogens with zero attached hydrogens (tertiary/aromatic N) is 2. The molecule has 6 heteroatoms. The van der Waals surface area contributed by atoms with E-state index in [-0.39, 0.29) is 18.3 Å². The van der Waals surface area contributed by atoms with Gasteiger partial charge in [-0.2, -0.15) is 0 Å². The summed E-state index contributed by atoms with van der Waals surface area (Å²) < 4.78 is 0. The van der Waals surface area contributed by atoms with Crippen LogP contribution in [0.15, 0.2) is 5.38 Å². The van der Waals surface area contributed by atoms with E-state index in [9.17, 15) is 4.79 Å². The SMILES string of the molecule is CC1CN(C(=O)c2csc(CN)n2)CC1C.Cl. The first-order valence-electron chi connectivity index (χ1n) is 5.55. The van der Waals surface area contributed by atoms with Crippen LogP contribution in [-0.2, 0) is 6.54 Å². The molecule has 1 saturated heterocycles. The quantitative estimate of drug-likeness (QED) is 0.895. The number of hydrogen-bond donors (Lipinski definition) is 1. The van der Waals surface area contributed by atoms with Gasteiger partial charge >= 0.3 is 0 Å². The summed E-state index contributed by atoms with van der Waals surface area (Å²) >= 11 is 1.45. The maximum Gasteiger partial charge on any atom is 0.273 e. The van der Waals surface area contributed by atoms with Crippen molar-refractivity contribution in [2.45, 2.75) is 20.4 Å². The van der Waals surface area contributed by atoms with Gasteiger partial charge in [0.2, 0.25) is 0 Å². The first kappa shape index (κ1) is 14.4. The normalized spacial score (nSPS) is 23.6. The van der Waals surface area contributed by atoms with Gasteiger partial charge in [0.05, 0.1) is 0 Å². The molecule has 0 bridgehead atoms. The molecule has 1 aromatic heterocycles. The van der Waals surface area contributed by atoms with Crippen molar-refractivity contribution in [1.29, 1.82) is 0 Å². The van der Waals surface area contributed by atoms with Crippen LogP contribution in [0.3, 0.4) is 0 Å². The fourth-order valence-corrected chi connectivity index (χ4v) is 2.61. The Labute approximate surface area is 112 Å². The minimum absolute atomic E-state index is 0. The van der Waals surface area contributed by atoms with Crippen LogP contribution in [0.25, 0.3) is 0 Å². The molecule has 1 amide bonds. The molecular weight excluding hydrogens is 258 g/mol. The van der Waals surface area contributed by atoms with Crippen LogP contribution in [0.1, 0.15) is 29.3 Å². The van der Waals surface area contributed by atoms with Crippen LogP contribution in [0.4, 0.5) is 0 Å². The molecule has 0 saturated carbocycles. The number of likely N-dealkylation sites (tertiary alicyclic amines) is 1. The third kappa shape index (κ3) is 2.97. The number of thiazole rings is 1. The third-order valence-corrected chi connectivity index (χ3v) is 4.09. The highest BCUT2D eigenvalue weighted by atomic mass is 35.5. The van der Waals surface area contributed by atoms with Crippen molar-refractivity contribution in [3.8, 4) is 0 Å². The summed E-state index contributed by atoms with van der Waals surface area (Å²) in [6, 6.07) is 0. The second-order valence-corrected chi connectivity index (χ2v) is 5.44. The van der Waals surface area contributed by atoms with Crippen LogP contribution in [-0.4, -0.2) is 28.9 Å². The van der Waals surface area contributed by atoms with E-state index in [1.165, 1.54) is 11.3 Å². The molecule has 2 heterocycles. The first-order valence-corrected chi connectivity index (χ1v) is 6.43. The molecule has 2 rings (SSSR count). The fourth-order valence-electron chi connectivity index (χ4n) is 1.96. The maximum atomic E-state index is 12.1. The van der Waals surface area contributed by atoms with E-state index in [0.29, 0.717) is 24.1 Å². The van der Waals surface area contributed by atoms with E-state index < -0.39 is 0 Å². The molecule has 17 heavy (non-hydrogen) atoms. The smallest absolute Gasteiger partial charge is 0.273 e. The molecule has 96 valence electrons. The summed E-state index contributed by atoms with van der Waals surface area (Å²) in [7, 11) is 0. The molecule has 0 radical (unpaired) electrons. The molecule has 2 unspecified atom stereocenters. The van der Waals surface area contributed by atoms with Gasteiger partial charge in [-0.15, -0.1) is 23.7 Å². The second kappa shape index (κ2) is 5.80. The van der Waals surface area contributed by atoms with Gasteiger partial charge in [-0.25, -0.2) is 4.98 Å². The van der Waals surface area contributed by atoms with E-state index >= 15 is 0 Å². The third-order valence-electron chi connectivity index (χ3n) is 3.22. The van der Waals surface area contributed by atoms with E-state index in [4.69, 9.17) is 5.73 Å². The molecule has 1 aliphatic rings. The lowest BCUT2D eigenvalue weighted by Gasteiger charge is -2.13. The van der Waals surface area contributed by atoms with Crippen LogP contribution < -0.4 is 5.73 Å². The lowest BCUT2D eigenvalue weighted by molar-refractivity contribution is 0.0780. The average Bonchev–Trinajstić information content (AvgIpc) is 2.86. The molecule has 0 spiro atoms. The minimum Gasteiger partial charge on any atom is -0.337 e. The predicted molar refractivity (Wildman–Crippen MR) is 71.5 cm³/mol. The van der Waals surface area contributed by atoms with Gasteiger partial charge in [0.25, 0.3) is 5.91 Å².